The third kappa shape index (κ3) is 4.49. The summed E-state index contributed by atoms with van der Waals surface area (Å²) in [7, 11) is 0. The SMILES string of the molecule is Cc1cc(C(F)F)nc2sc(C(N)=O)c(NC(=O)C(C)n3nc(C(F)F)c(Cl)c3C(F)F)c12. The summed E-state index contributed by atoms with van der Waals surface area (Å²) in [5.74, 6) is -2.04. The van der Waals surface area contributed by atoms with E-state index < -0.39 is 59.2 Å². The van der Waals surface area contributed by atoms with Crippen LogP contribution in [0.1, 0.15) is 64.6 Å². The van der Waals surface area contributed by atoms with Crippen LogP contribution in [0.25, 0.3) is 10.2 Å². The first kappa shape index (κ1) is 24.8. The molecule has 33 heavy (non-hydrogen) atoms. The van der Waals surface area contributed by atoms with Crippen molar-refractivity contribution in [2.45, 2.75) is 39.2 Å². The van der Waals surface area contributed by atoms with Gasteiger partial charge in [-0.1, -0.05) is 11.6 Å². The van der Waals surface area contributed by atoms with Gasteiger partial charge in [0.2, 0.25) is 5.91 Å². The Labute approximate surface area is 190 Å². The minimum atomic E-state index is -3.32. The number of fused-ring (bicyclic) bond motifs is 1. The maximum atomic E-state index is 13.4. The zero-order valence-electron chi connectivity index (χ0n) is 16.7. The van der Waals surface area contributed by atoms with Crippen LogP contribution in [0, 0.1) is 6.92 Å². The fraction of sp³-hybridized carbons (Fsp3) is 0.333. The molecule has 3 heterocycles. The number of aryl methyl sites for hydroxylation is 1. The third-order valence-electron chi connectivity index (χ3n) is 4.65. The molecule has 7 nitrogen and oxygen atoms in total. The molecular weight excluding hydrogens is 500 g/mol. The van der Waals surface area contributed by atoms with Crippen molar-refractivity contribution in [3.05, 3.63) is 38.6 Å². The van der Waals surface area contributed by atoms with E-state index in [0.29, 0.717) is 16.0 Å². The summed E-state index contributed by atoms with van der Waals surface area (Å²) in [5.41, 5.74) is 2.64. The summed E-state index contributed by atoms with van der Waals surface area (Å²) >= 11 is 6.26. The molecule has 15 heteroatoms. The van der Waals surface area contributed by atoms with E-state index in [9.17, 15) is 35.9 Å². The van der Waals surface area contributed by atoms with Gasteiger partial charge < -0.3 is 11.1 Å². The lowest BCUT2D eigenvalue weighted by atomic mass is 10.1. The van der Waals surface area contributed by atoms with Gasteiger partial charge >= 0.3 is 0 Å². The molecule has 3 rings (SSSR count). The highest BCUT2D eigenvalue weighted by Crippen LogP contribution is 2.40. The summed E-state index contributed by atoms with van der Waals surface area (Å²) in [6, 6.07) is -0.524. The van der Waals surface area contributed by atoms with Crippen molar-refractivity contribution in [1.82, 2.24) is 14.8 Å². The Bertz CT molecular complexity index is 1250. The van der Waals surface area contributed by atoms with E-state index in [1.54, 1.807) is 0 Å². The third-order valence-corrected chi connectivity index (χ3v) is 6.13. The average Bonchev–Trinajstić information content (AvgIpc) is 3.25. The second-order valence-electron chi connectivity index (χ2n) is 6.81. The van der Waals surface area contributed by atoms with Crippen LogP contribution in [0.3, 0.4) is 0 Å². The summed E-state index contributed by atoms with van der Waals surface area (Å²) in [6.07, 6.45) is -9.49. The van der Waals surface area contributed by atoms with E-state index in [-0.39, 0.29) is 26.3 Å². The largest absolute Gasteiger partial charge is 0.365 e. The molecule has 3 aromatic heterocycles. The van der Waals surface area contributed by atoms with Gasteiger partial charge in [0.1, 0.15) is 32.8 Å². The Hall–Kier alpha value is -2.87. The van der Waals surface area contributed by atoms with Crippen LogP contribution < -0.4 is 11.1 Å². The first-order chi connectivity index (χ1) is 15.3. The molecular formula is C18H14ClF6N5O2S. The normalized spacial score (nSPS) is 12.8. The number of nitrogens with two attached hydrogens (primary N) is 1. The van der Waals surface area contributed by atoms with E-state index in [1.807, 2.05) is 0 Å². The summed E-state index contributed by atoms with van der Waals surface area (Å²) < 4.78 is 79.6. The van der Waals surface area contributed by atoms with Crippen molar-refractivity contribution < 1.29 is 35.9 Å². The number of carbonyl (C=O) groups excluding carboxylic acids is 2. The van der Waals surface area contributed by atoms with E-state index >= 15 is 0 Å². The minimum Gasteiger partial charge on any atom is -0.365 e. The number of thiophene rings is 1. The fourth-order valence-electron chi connectivity index (χ4n) is 3.13. The Kier molecular flexibility index (Phi) is 6.88. The van der Waals surface area contributed by atoms with E-state index in [1.165, 1.54) is 6.92 Å². The number of hydrogen-bond donors (Lipinski definition) is 2. The number of alkyl halides is 6. The van der Waals surface area contributed by atoms with Gasteiger partial charge in [0.05, 0.1) is 10.7 Å². The first-order valence-corrected chi connectivity index (χ1v) is 10.2. The number of pyridine rings is 1. The van der Waals surface area contributed by atoms with Gasteiger partial charge in [0.25, 0.3) is 25.2 Å². The number of carbonyl (C=O) groups is 2. The van der Waals surface area contributed by atoms with Gasteiger partial charge in [0, 0.05) is 5.39 Å². The Morgan fingerprint density at radius 2 is 1.79 bits per heavy atom. The molecule has 3 N–H and O–H groups in total. The molecule has 0 aliphatic carbocycles. The molecule has 0 spiro atoms. The molecule has 0 aromatic carbocycles. The number of rotatable bonds is 7. The highest BCUT2D eigenvalue weighted by molar-refractivity contribution is 7.21. The minimum absolute atomic E-state index is 0.0163. The van der Waals surface area contributed by atoms with Crippen LogP contribution in [0.15, 0.2) is 6.07 Å². The first-order valence-electron chi connectivity index (χ1n) is 9.02. The summed E-state index contributed by atoms with van der Waals surface area (Å²) in [6.45, 7) is 2.53. The van der Waals surface area contributed by atoms with Gasteiger partial charge in [-0.05, 0) is 25.5 Å². The van der Waals surface area contributed by atoms with E-state index in [0.717, 1.165) is 13.0 Å². The van der Waals surface area contributed by atoms with Crippen molar-refractivity contribution >= 4 is 50.7 Å². The molecule has 0 aliphatic rings. The van der Waals surface area contributed by atoms with Crippen LogP contribution in [0.2, 0.25) is 5.02 Å². The number of aromatic nitrogens is 3. The highest BCUT2D eigenvalue weighted by Gasteiger charge is 2.33. The van der Waals surface area contributed by atoms with Crippen LogP contribution >= 0.6 is 22.9 Å². The number of amides is 2. The van der Waals surface area contributed by atoms with Gasteiger partial charge in [0.15, 0.2) is 0 Å². The molecule has 178 valence electrons. The quantitative estimate of drug-likeness (QED) is 0.403. The zero-order valence-corrected chi connectivity index (χ0v) is 18.2. The second-order valence-corrected chi connectivity index (χ2v) is 8.19. The molecule has 2 amide bonds. The number of halogens is 7. The van der Waals surface area contributed by atoms with Gasteiger partial charge in [-0.15, -0.1) is 11.3 Å². The molecule has 0 bridgehead atoms. The maximum Gasteiger partial charge on any atom is 0.283 e. The number of anilines is 1. The van der Waals surface area contributed by atoms with Crippen molar-refractivity contribution in [2.24, 2.45) is 5.73 Å². The summed E-state index contributed by atoms with van der Waals surface area (Å²) in [5, 5.41) is 4.86. The number of primary amides is 1. The Morgan fingerprint density at radius 1 is 1.15 bits per heavy atom. The Balaban J connectivity index is 2.08. The molecule has 1 unspecified atom stereocenters. The van der Waals surface area contributed by atoms with Gasteiger partial charge in [-0.2, -0.15) is 5.10 Å². The standard InChI is InChI=1S/C18H14ClF6N5O2S/c1-4-3-6(13(20)21)27-18-7(4)9(12(33-18)16(26)31)28-17(32)5(2)30-11(15(24)25)8(19)10(29-30)14(22)23/h3,5,13-15H,1-2H3,(H2,26,31)(H,28,32). The average molecular weight is 514 g/mol. The maximum absolute atomic E-state index is 13.4. The molecule has 0 saturated carbocycles. The fourth-order valence-corrected chi connectivity index (χ4v) is 4.48. The van der Waals surface area contributed by atoms with Crippen molar-refractivity contribution in [3.63, 3.8) is 0 Å². The summed E-state index contributed by atoms with van der Waals surface area (Å²) in [4.78, 5) is 28.3. The lowest BCUT2D eigenvalue weighted by Crippen LogP contribution is -2.27. The number of nitrogens with one attached hydrogen (secondary N) is 1. The topological polar surface area (TPSA) is 103 Å². The van der Waals surface area contributed by atoms with Crippen molar-refractivity contribution in [1.29, 1.82) is 0 Å². The molecule has 1 atom stereocenters. The molecule has 0 radical (unpaired) electrons. The number of nitrogens with zero attached hydrogens (tertiary/aromatic N) is 3. The monoisotopic (exact) mass is 513 g/mol. The van der Waals surface area contributed by atoms with E-state index in [2.05, 4.69) is 15.4 Å². The lowest BCUT2D eigenvalue weighted by Gasteiger charge is -2.16. The second kappa shape index (κ2) is 9.17. The van der Waals surface area contributed by atoms with Crippen LogP contribution in [0.4, 0.5) is 32.0 Å². The lowest BCUT2D eigenvalue weighted by molar-refractivity contribution is -0.119. The van der Waals surface area contributed by atoms with Crippen LogP contribution in [0.5, 0.6) is 0 Å². The zero-order chi connectivity index (χ0) is 24.8. The highest BCUT2D eigenvalue weighted by atomic mass is 35.5. The molecule has 3 aromatic rings. The van der Waals surface area contributed by atoms with Gasteiger partial charge in [-0.3, -0.25) is 9.59 Å². The van der Waals surface area contributed by atoms with Crippen molar-refractivity contribution in [3.8, 4) is 0 Å². The van der Waals surface area contributed by atoms with Crippen LogP contribution in [-0.2, 0) is 4.79 Å². The predicted molar refractivity (Wildman–Crippen MR) is 108 cm³/mol. The smallest absolute Gasteiger partial charge is 0.283 e. The molecule has 0 saturated heterocycles. The van der Waals surface area contributed by atoms with Crippen LogP contribution in [-0.4, -0.2) is 26.6 Å². The molecule has 0 fully saturated rings. The van der Waals surface area contributed by atoms with E-state index in [4.69, 9.17) is 17.3 Å². The Morgan fingerprint density at radius 3 is 2.30 bits per heavy atom. The van der Waals surface area contributed by atoms with Crippen molar-refractivity contribution in [2.75, 3.05) is 5.32 Å². The molecule has 0 aliphatic heterocycles. The predicted octanol–water partition coefficient (Wildman–Crippen LogP) is 5.57. The number of hydrogen-bond acceptors (Lipinski definition) is 5. The van der Waals surface area contributed by atoms with Gasteiger partial charge in [-0.25, -0.2) is 36.0 Å².